The third-order valence-electron chi connectivity index (χ3n) is 4.10. The molecule has 1 amide bonds. The van der Waals surface area contributed by atoms with Crippen LogP contribution in [0.1, 0.15) is 38.2 Å². The molecule has 0 bridgehead atoms. The Bertz CT molecular complexity index is 686. The maximum Gasteiger partial charge on any atom is 0.307 e. The molecule has 1 N–H and O–H groups in total. The van der Waals surface area contributed by atoms with E-state index in [0.717, 1.165) is 5.56 Å². The highest BCUT2D eigenvalue weighted by Gasteiger charge is 2.30. The molecule has 1 aliphatic rings. The van der Waals surface area contributed by atoms with Gasteiger partial charge in [0.15, 0.2) is 15.9 Å². The molecule has 0 spiro atoms. The summed E-state index contributed by atoms with van der Waals surface area (Å²) in [4.78, 5) is 24.0. The predicted octanol–water partition coefficient (Wildman–Crippen LogP) is 1.42. The van der Waals surface area contributed by atoms with Gasteiger partial charge in [0.05, 0.1) is 17.9 Å². The van der Waals surface area contributed by atoms with Gasteiger partial charge in [0.25, 0.3) is 5.91 Å². The summed E-state index contributed by atoms with van der Waals surface area (Å²) in [5, 5.41) is 2.63. The first-order valence-corrected chi connectivity index (χ1v) is 9.84. The Labute approximate surface area is 142 Å². The van der Waals surface area contributed by atoms with Crippen molar-refractivity contribution in [2.45, 2.75) is 44.8 Å². The fourth-order valence-electron chi connectivity index (χ4n) is 2.68. The Morgan fingerprint density at radius 1 is 1.25 bits per heavy atom. The number of hydrogen-bond donors (Lipinski definition) is 1. The smallest absolute Gasteiger partial charge is 0.307 e. The molecule has 0 saturated carbocycles. The highest BCUT2D eigenvalue weighted by Crippen LogP contribution is 2.19. The van der Waals surface area contributed by atoms with E-state index in [4.69, 9.17) is 4.74 Å². The average molecular weight is 353 g/mol. The summed E-state index contributed by atoms with van der Waals surface area (Å²) in [6.07, 6.45) is -0.358. The normalized spacial score (nSPS) is 21.7. The lowest BCUT2D eigenvalue weighted by molar-refractivity contribution is -0.155. The maximum atomic E-state index is 12.0. The summed E-state index contributed by atoms with van der Waals surface area (Å²) in [6.45, 7) is 3.41. The van der Waals surface area contributed by atoms with E-state index in [-0.39, 0.29) is 23.8 Å². The van der Waals surface area contributed by atoms with Crippen molar-refractivity contribution in [3.05, 3.63) is 35.9 Å². The number of esters is 1. The van der Waals surface area contributed by atoms with E-state index in [1.807, 2.05) is 37.3 Å². The van der Waals surface area contributed by atoms with Crippen molar-refractivity contribution in [3.63, 3.8) is 0 Å². The molecule has 6 nitrogen and oxygen atoms in total. The molecule has 3 atom stereocenters. The van der Waals surface area contributed by atoms with Gasteiger partial charge in [-0.3, -0.25) is 9.59 Å². The van der Waals surface area contributed by atoms with Crippen molar-refractivity contribution in [1.29, 1.82) is 0 Å². The van der Waals surface area contributed by atoms with Crippen molar-refractivity contribution < 1.29 is 22.7 Å². The van der Waals surface area contributed by atoms with Gasteiger partial charge < -0.3 is 10.1 Å². The largest absolute Gasteiger partial charge is 0.453 e. The Balaban J connectivity index is 1.79. The highest BCUT2D eigenvalue weighted by molar-refractivity contribution is 7.91. The number of rotatable bonds is 6. The van der Waals surface area contributed by atoms with Gasteiger partial charge in [-0.1, -0.05) is 37.3 Å². The number of carbonyl (C=O) groups excluding carboxylic acids is 2. The van der Waals surface area contributed by atoms with Crippen LogP contribution in [-0.2, 0) is 24.2 Å². The topological polar surface area (TPSA) is 89.5 Å². The lowest BCUT2D eigenvalue weighted by Gasteiger charge is -2.18. The first-order chi connectivity index (χ1) is 11.3. The van der Waals surface area contributed by atoms with Gasteiger partial charge in [-0.15, -0.1) is 0 Å². The molecule has 1 aliphatic heterocycles. The fourth-order valence-corrected chi connectivity index (χ4v) is 4.35. The second kappa shape index (κ2) is 7.79. The van der Waals surface area contributed by atoms with E-state index < -0.39 is 33.9 Å². The molecule has 1 saturated heterocycles. The van der Waals surface area contributed by atoms with Crippen molar-refractivity contribution >= 4 is 21.7 Å². The first kappa shape index (κ1) is 18.4. The van der Waals surface area contributed by atoms with Crippen LogP contribution in [0.4, 0.5) is 0 Å². The van der Waals surface area contributed by atoms with Crippen LogP contribution in [0, 0.1) is 0 Å². The molecule has 0 unspecified atom stereocenters. The minimum atomic E-state index is -3.06. The minimum Gasteiger partial charge on any atom is -0.453 e. The Kier molecular flexibility index (Phi) is 5.99. The lowest BCUT2D eigenvalue weighted by atomic mass is 9.98. The van der Waals surface area contributed by atoms with Gasteiger partial charge in [-0.25, -0.2) is 8.42 Å². The van der Waals surface area contributed by atoms with Crippen LogP contribution < -0.4 is 5.32 Å². The summed E-state index contributed by atoms with van der Waals surface area (Å²) in [6, 6.07) is 9.20. The molecule has 2 rings (SSSR count). The SMILES string of the molecule is C[C@H](OC(=O)C[C@@H](C)c1ccccc1)C(=O)N[C@@H]1CCS(=O)(=O)C1. The van der Waals surface area contributed by atoms with Crippen LogP contribution >= 0.6 is 0 Å². The quantitative estimate of drug-likeness (QED) is 0.781. The number of nitrogens with one attached hydrogen (secondary N) is 1. The van der Waals surface area contributed by atoms with E-state index in [1.165, 1.54) is 6.92 Å². The molecule has 0 aliphatic carbocycles. The van der Waals surface area contributed by atoms with Crippen molar-refractivity contribution in [3.8, 4) is 0 Å². The molecule has 132 valence electrons. The zero-order valence-corrected chi connectivity index (χ0v) is 14.7. The zero-order chi connectivity index (χ0) is 17.7. The standard InChI is InChI=1S/C17H23NO5S/c1-12(14-6-4-3-5-7-14)10-16(19)23-13(2)17(20)18-15-8-9-24(21,22)11-15/h3-7,12-13,15H,8-11H2,1-2H3,(H,18,20)/t12-,13+,15-/m1/s1. The van der Waals surface area contributed by atoms with Crippen LogP contribution in [0.2, 0.25) is 0 Å². The first-order valence-electron chi connectivity index (χ1n) is 8.02. The van der Waals surface area contributed by atoms with Crippen LogP contribution in [0.3, 0.4) is 0 Å². The predicted molar refractivity (Wildman–Crippen MR) is 90.2 cm³/mol. The molecule has 1 heterocycles. The van der Waals surface area contributed by atoms with Crippen LogP contribution in [0.5, 0.6) is 0 Å². The zero-order valence-electron chi connectivity index (χ0n) is 13.9. The van der Waals surface area contributed by atoms with Gasteiger partial charge in [-0.05, 0) is 24.8 Å². The lowest BCUT2D eigenvalue weighted by Crippen LogP contribution is -2.42. The van der Waals surface area contributed by atoms with Crippen molar-refractivity contribution in [1.82, 2.24) is 5.32 Å². The van der Waals surface area contributed by atoms with E-state index in [1.54, 1.807) is 0 Å². The van der Waals surface area contributed by atoms with Crippen LogP contribution in [-0.4, -0.2) is 43.9 Å². The van der Waals surface area contributed by atoms with E-state index in [2.05, 4.69) is 5.32 Å². The van der Waals surface area contributed by atoms with Crippen LogP contribution in [0.25, 0.3) is 0 Å². The summed E-state index contributed by atoms with van der Waals surface area (Å²) >= 11 is 0. The maximum absolute atomic E-state index is 12.0. The Morgan fingerprint density at radius 3 is 2.50 bits per heavy atom. The van der Waals surface area contributed by atoms with Gasteiger partial charge in [0, 0.05) is 6.04 Å². The second-order valence-corrected chi connectivity index (χ2v) is 8.49. The number of sulfone groups is 1. The number of carbonyl (C=O) groups is 2. The van der Waals surface area contributed by atoms with Gasteiger partial charge >= 0.3 is 5.97 Å². The summed E-state index contributed by atoms with van der Waals surface area (Å²) in [7, 11) is -3.06. The van der Waals surface area contributed by atoms with E-state index in [0.29, 0.717) is 6.42 Å². The molecule has 0 aromatic heterocycles. The molecule has 1 fully saturated rings. The number of benzene rings is 1. The van der Waals surface area contributed by atoms with Gasteiger partial charge in [0.1, 0.15) is 0 Å². The third kappa shape index (κ3) is 5.33. The number of hydrogen-bond acceptors (Lipinski definition) is 5. The summed E-state index contributed by atoms with van der Waals surface area (Å²) < 4.78 is 27.9. The Hall–Kier alpha value is -1.89. The molecule has 7 heteroatoms. The fraction of sp³-hybridized carbons (Fsp3) is 0.529. The van der Waals surface area contributed by atoms with Crippen LogP contribution in [0.15, 0.2) is 30.3 Å². The van der Waals surface area contributed by atoms with Gasteiger partial charge in [0.2, 0.25) is 0 Å². The van der Waals surface area contributed by atoms with E-state index in [9.17, 15) is 18.0 Å². The average Bonchev–Trinajstić information content (AvgIpc) is 2.86. The molecular weight excluding hydrogens is 330 g/mol. The minimum absolute atomic E-state index is 0.00561. The summed E-state index contributed by atoms with van der Waals surface area (Å²) in [5.41, 5.74) is 1.03. The second-order valence-electron chi connectivity index (χ2n) is 6.26. The summed E-state index contributed by atoms with van der Waals surface area (Å²) in [5.74, 6) is -0.884. The molecular formula is C17H23NO5S. The van der Waals surface area contributed by atoms with E-state index >= 15 is 0 Å². The number of amides is 1. The number of ether oxygens (including phenoxy) is 1. The molecule has 1 aromatic rings. The highest BCUT2D eigenvalue weighted by atomic mass is 32.2. The van der Waals surface area contributed by atoms with Crippen molar-refractivity contribution in [2.75, 3.05) is 11.5 Å². The molecule has 1 aromatic carbocycles. The Morgan fingerprint density at radius 2 is 1.92 bits per heavy atom. The third-order valence-corrected chi connectivity index (χ3v) is 5.87. The molecule has 24 heavy (non-hydrogen) atoms. The monoisotopic (exact) mass is 353 g/mol. The molecule has 0 radical (unpaired) electrons. The van der Waals surface area contributed by atoms with Crippen molar-refractivity contribution in [2.24, 2.45) is 0 Å². The van der Waals surface area contributed by atoms with Gasteiger partial charge in [-0.2, -0.15) is 0 Å².